The summed E-state index contributed by atoms with van der Waals surface area (Å²) in [6.45, 7) is 8.29. The molecule has 1 aliphatic heterocycles. The molecule has 0 radical (unpaired) electrons. The molecule has 3 aromatic rings. The molecular weight excluding hydrogens is 534 g/mol. The molecule has 1 amide bonds. The van der Waals surface area contributed by atoms with E-state index < -0.39 is 5.91 Å². The molecule has 1 saturated heterocycles. The van der Waals surface area contributed by atoms with Crippen LogP contribution in [-0.2, 0) is 16.3 Å². The number of amides is 1. The van der Waals surface area contributed by atoms with Gasteiger partial charge in [0.05, 0.1) is 18.4 Å². The predicted molar refractivity (Wildman–Crippen MR) is 147 cm³/mol. The van der Waals surface area contributed by atoms with Crippen LogP contribution in [0.4, 0.5) is 5.69 Å². The Labute approximate surface area is 225 Å². The number of likely N-dealkylation sites (tertiary alicyclic amines) is 1. The number of aromatic hydroxyl groups is 1. The van der Waals surface area contributed by atoms with Gasteiger partial charge < -0.3 is 9.94 Å². The Morgan fingerprint density at radius 3 is 2.76 bits per heavy atom. The number of rotatable bonds is 7. The first-order valence-corrected chi connectivity index (χ1v) is 13.3. The van der Waals surface area contributed by atoms with Gasteiger partial charge in [0.25, 0.3) is 0 Å². The van der Waals surface area contributed by atoms with Crippen molar-refractivity contribution in [3.63, 3.8) is 0 Å². The molecule has 37 heavy (non-hydrogen) atoms. The van der Waals surface area contributed by atoms with Crippen LogP contribution < -0.4 is 0 Å². The Morgan fingerprint density at radius 1 is 1.19 bits per heavy atom. The number of aromatic nitrogens is 1. The molecule has 8 nitrogen and oxygen atoms in total. The van der Waals surface area contributed by atoms with Crippen LogP contribution in [0.2, 0.25) is 0 Å². The number of nitrogens with zero attached hydrogens (tertiary/aromatic N) is 5. The fourth-order valence-corrected chi connectivity index (χ4v) is 6.69. The Morgan fingerprint density at radius 2 is 1.97 bits per heavy atom. The third-order valence-corrected chi connectivity index (χ3v) is 7.84. The lowest BCUT2D eigenvalue weighted by Crippen LogP contribution is -2.35. The van der Waals surface area contributed by atoms with Gasteiger partial charge in [0.1, 0.15) is 0 Å². The molecule has 1 N–H and O–H groups in total. The number of oxime groups is 1. The van der Waals surface area contributed by atoms with Gasteiger partial charge in [0, 0.05) is 22.4 Å². The highest BCUT2D eigenvalue weighted by Crippen LogP contribution is 2.53. The van der Waals surface area contributed by atoms with Crippen molar-refractivity contribution in [2.24, 2.45) is 26.2 Å². The SMILES string of the molecule is CC1(C)C[C@@H]2C[C@@](C)(CN2Cn2c(O)c(N=NC(=O)CO/N=C\c3ccccc3)c3cc(Br)ccc32)C1. The van der Waals surface area contributed by atoms with Gasteiger partial charge in [0.15, 0.2) is 12.3 Å². The van der Waals surface area contributed by atoms with E-state index in [0.717, 1.165) is 33.9 Å². The fraction of sp³-hybridized carbons (Fsp3) is 0.429. The van der Waals surface area contributed by atoms with Crippen LogP contribution in [0, 0.1) is 10.8 Å². The minimum atomic E-state index is -0.594. The number of hydrogen-bond acceptors (Lipinski definition) is 6. The van der Waals surface area contributed by atoms with Gasteiger partial charge in [-0.25, -0.2) is 0 Å². The lowest BCUT2D eigenvalue weighted by Gasteiger charge is -2.40. The van der Waals surface area contributed by atoms with Gasteiger partial charge in [-0.15, -0.1) is 10.2 Å². The summed E-state index contributed by atoms with van der Waals surface area (Å²) >= 11 is 3.51. The number of azo groups is 1. The van der Waals surface area contributed by atoms with Gasteiger partial charge in [-0.3, -0.25) is 14.3 Å². The molecule has 0 spiro atoms. The van der Waals surface area contributed by atoms with Crippen molar-refractivity contribution in [1.29, 1.82) is 0 Å². The first-order valence-electron chi connectivity index (χ1n) is 12.5. The largest absolute Gasteiger partial charge is 0.493 e. The first-order chi connectivity index (χ1) is 17.6. The molecule has 2 heterocycles. The highest BCUT2D eigenvalue weighted by Gasteiger charge is 2.49. The summed E-state index contributed by atoms with van der Waals surface area (Å²) in [6.07, 6.45) is 5.05. The van der Waals surface area contributed by atoms with Gasteiger partial charge in [0.2, 0.25) is 5.88 Å². The molecule has 1 aliphatic carbocycles. The van der Waals surface area contributed by atoms with Crippen LogP contribution in [0.1, 0.15) is 45.6 Å². The molecule has 194 valence electrons. The molecule has 0 unspecified atom stereocenters. The normalized spacial score (nSPS) is 23.4. The van der Waals surface area contributed by atoms with E-state index in [9.17, 15) is 9.90 Å². The van der Waals surface area contributed by atoms with Crippen LogP contribution in [0.25, 0.3) is 10.9 Å². The highest BCUT2D eigenvalue weighted by atomic mass is 79.9. The summed E-state index contributed by atoms with van der Waals surface area (Å²) in [5.41, 5.74) is 2.57. The zero-order valence-corrected chi connectivity index (χ0v) is 23.0. The van der Waals surface area contributed by atoms with Crippen molar-refractivity contribution >= 4 is 44.6 Å². The van der Waals surface area contributed by atoms with Crippen LogP contribution >= 0.6 is 15.9 Å². The maximum absolute atomic E-state index is 12.3. The predicted octanol–water partition coefficient (Wildman–Crippen LogP) is 6.63. The third-order valence-electron chi connectivity index (χ3n) is 7.34. The Hall–Kier alpha value is -3.04. The summed E-state index contributed by atoms with van der Waals surface area (Å²) in [6, 6.07) is 15.7. The first kappa shape index (κ1) is 25.6. The molecule has 2 aromatic carbocycles. The van der Waals surface area contributed by atoms with Gasteiger partial charge >= 0.3 is 5.91 Å². The van der Waals surface area contributed by atoms with Crippen molar-refractivity contribution in [3.8, 4) is 5.88 Å². The van der Waals surface area contributed by atoms with E-state index in [4.69, 9.17) is 4.84 Å². The monoisotopic (exact) mass is 565 g/mol. The minimum absolute atomic E-state index is 0.00136. The Bertz CT molecular complexity index is 1370. The van der Waals surface area contributed by atoms with Crippen molar-refractivity contribution in [3.05, 3.63) is 58.6 Å². The standard InChI is InChI=1S/C28H32BrN5O3/c1-27(2)12-21-13-28(3,16-27)17-33(21)18-34-23-10-9-20(29)11-22(23)25(26(34)36)32-31-24(35)15-37-30-14-19-7-5-4-6-8-19/h4-11,14,21,36H,12-13,15-18H2,1-3H3/b30-14-,32-31?/t21-,28-/m1/s1. The van der Waals surface area contributed by atoms with Crippen molar-refractivity contribution in [2.45, 2.75) is 52.7 Å². The van der Waals surface area contributed by atoms with E-state index in [1.165, 1.54) is 19.1 Å². The van der Waals surface area contributed by atoms with E-state index in [1.54, 1.807) is 0 Å². The van der Waals surface area contributed by atoms with Gasteiger partial charge in [-0.05, 0) is 53.9 Å². The zero-order chi connectivity index (χ0) is 26.2. The highest BCUT2D eigenvalue weighted by molar-refractivity contribution is 9.10. The fourth-order valence-electron chi connectivity index (χ4n) is 6.33. The molecule has 9 heteroatoms. The minimum Gasteiger partial charge on any atom is -0.493 e. The molecule has 2 aliphatic rings. The summed E-state index contributed by atoms with van der Waals surface area (Å²) in [7, 11) is 0. The lowest BCUT2D eigenvalue weighted by atomic mass is 9.65. The quantitative estimate of drug-likeness (QED) is 0.198. The molecular formula is C28H32BrN5O3. The number of halogens is 1. The average Bonchev–Trinajstić information content (AvgIpc) is 3.23. The van der Waals surface area contributed by atoms with Crippen molar-refractivity contribution in [1.82, 2.24) is 9.47 Å². The second-order valence-electron chi connectivity index (χ2n) is 11.4. The topological polar surface area (TPSA) is 91.8 Å². The van der Waals surface area contributed by atoms with Crippen LogP contribution in [0.3, 0.4) is 0 Å². The van der Waals surface area contributed by atoms with Crippen molar-refractivity contribution in [2.75, 3.05) is 13.2 Å². The summed E-state index contributed by atoms with van der Waals surface area (Å²) in [5.74, 6) is -0.595. The third kappa shape index (κ3) is 5.62. The van der Waals surface area contributed by atoms with E-state index in [1.807, 2.05) is 53.1 Å². The zero-order valence-electron chi connectivity index (χ0n) is 21.4. The molecule has 2 fully saturated rings. The maximum atomic E-state index is 12.3. The van der Waals surface area contributed by atoms with Crippen LogP contribution in [-0.4, -0.2) is 45.9 Å². The second-order valence-corrected chi connectivity index (χ2v) is 12.3. The number of hydrogen-bond donors (Lipinski definition) is 1. The lowest BCUT2D eigenvalue weighted by molar-refractivity contribution is -0.122. The molecule has 2 atom stereocenters. The van der Waals surface area contributed by atoms with Crippen molar-refractivity contribution < 1.29 is 14.7 Å². The summed E-state index contributed by atoms with van der Waals surface area (Å²) in [4.78, 5) is 19.8. The molecule has 1 aromatic heterocycles. The summed E-state index contributed by atoms with van der Waals surface area (Å²) in [5, 5.41) is 23.7. The van der Waals surface area contributed by atoms with Gasteiger partial charge in [-0.2, -0.15) is 0 Å². The number of benzene rings is 2. The number of fused-ring (bicyclic) bond motifs is 3. The van der Waals surface area contributed by atoms with Crippen LogP contribution in [0.15, 0.2) is 68.4 Å². The van der Waals surface area contributed by atoms with E-state index in [2.05, 4.69) is 57.0 Å². The second kappa shape index (κ2) is 10.0. The van der Waals surface area contributed by atoms with E-state index in [0.29, 0.717) is 18.1 Å². The molecule has 5 rings (SSSR count). The van der Waals surface area contributed by atoms with Gasteiger partial charge in [-0.1, -0.05) is 72.2 Å². The summed E-state index contributed by atoms with van der Waals surface area (Å²) < 4.78 is 2.72. The number of carbonyl (C=O) groups is 1. The number of carbonyl (C=O) groups excluding carboxylic acids is 1. The van der Waals surface area contributed by atoms with E-state index >= 15 is 0 Å². The molecule has 2 bridgehead atoms. The van der Waals surface area contributed by atoms with Crippen LogP contribution in [0.5, 0.6) is 5.88 Å². The Kier molecular flexibility index (Phi) is 6.93. The van der Waals surface area contributed by atoms with E-state index in [-0.39, 0.29) is 23.6 Å². The Balaban J connectivity index is 1.34. The average molecular weight is 567 g/mol. The molecule has 1 saturated carbocycles. The smallest absolute Gasteiger partial charge is 0.304 e. The maximum Gasteiger partial charge on any atom is 0.304 e.